The molecule has 6 aliphatic heterocycles. The van der Waals surface area contributed by atoms with E-state index >= 15 is 0 Å². The van der Waals surface area contributed by atoms with Crippen molar-refractivity contribution in [3.05, 3.63) is 71.0 Å². The van der Waals surface area contributed by atoms with Gasteiger partial charge in [-0.1, -0.05) is 24.3 Å². The number of amides is 4. The van der Waals surface area contributed by atoms with Gasteiger partial charge in [0.15, 0.2) is 35.2 Å². The van der Waals surface area contributed by atoms with Crippen molar-refractivity contribution in [1.29, 1.82) is 0 Å². The number of fused-ring (bicyclic) bond motifs is 4. The number of anilines is 4. The number of rotatable bonds is 10. The van der Waals surface area contributed by atoms with Crippen LogP contribution in [0.2, 0.25) is 0 Å². The molecule has 2 fully saturated rings. The molecule has 70 heavy (non-hydrogen) atoms. The summed E-state index contributed by atoms with van der Waals surface area (Å²) in [5.41, 5.74) is 2.50. The second-order valence-corrected chi connectivity index (χ2v) is 19.1. The summed E-state index contributed by atoms with van der Waals surface area (Å²) in [6, 6.07) is 15.1. The van der Waals surface area contributed by atoms with Crippen molar-refractivity contribution in [2.45, 2.75) is 105 Å². The normalized spacial score (nSPS) is 20.2. The van der Waals surface area contributed by atoms with Crippen LogP contribution < -0.4 is 39.4 Å². The quantitative estimate of drug-likeness (QED) is 0.228. The molecule has 0 saturated carbocycles. The predicted molar refractivity (Wildman–Crippen MR) is 262 cm³/mol. The molecule has 0 bridgehead atoms. The van der Waals surface area contributed by atoms with E-state index < -0.39 is 0 Å². The van der Waals surface area contributed by atoms with E-state index in [1.54, 1.807) is 13.8 Å². The first kappa shape index (κ1) is 47.9. The van der Waals surface area contributed by atoms with Crippen LogP contribution in [0, 0.1) is 0 Å². The Labute approximate surface area is 408 Å². The molecule has 4 aromatic rings. The van der Waals surface area contributed by atoms with Crippen molar-refractivity contribution in [1.82, 2.24) is 39.5 Å². The fourth-order valence-electron chi connectivity index (χ4n) is 9.33. The summed E-state index contributed by atoms with van der Waals surface area (Å²) in [5, 5.41) is 7.01. The second-order valence-electron chi connectivity index (χ2n) is 19.1. The van der Waals surface area contributed by atoms with Crippen molar-refractivity contribution < 1.29 is 38.1 Å². The van der Waals surface area contributed by atoms with Crippen molar-refractivity contribution >= 4 is 47.2 Å². The number of hydrogen-bond donors (Lipinski definition) is 2. The second kappa shape index (κ2) is 20.1. The minimum Gasteiger partial charge on any atom is -0.486 e. The van der Waals surface area contributed by atoms with Crippen LogP contribution in [0.15, 0.2) is 48.5 Å². The SMILES string of the molecule is CC(=O)N1CCN(c2nc(NC(C)C3COc4ccccc4O3)c3c(n2)C(=O)N(C(C)C)C3)CC1.CC(=O)N1CCN(c2nc(NC(C)C3COc4ccccc4O3)c3c(n2)C(=O)N(C(C)C)C3)CC1. The zero-order valence-corrected chi connectivity index (χ0v) is 41.3. The van der Waals surface area contributed by atoms with Gasteiger partial charge < -0.3 is 59.0 Å². The minimum absolute atomic E-state index is 0.0520. The summed E-state index contributed by atoms with van der Waals surface area (Å²) in [6.45, 7) is 21.9. The molecule has 0 aliphatic carbocycles. The lowest BCUT2D eigenvalue weighted by molar-refractivity contribution is -0.129. The van der Waals surface area contributed by atoms with Crippen molar-refractivity contribution in [3.63, 3.8) is 0 Å². The number of piperazine rings is 2. The average Bonchev–Trinajstić information content (AvgIpc) is 3.90. The van der Waals surface area contributed by atoms with Crippen molar-refractivity contribution in [2.24, 2.45) is 0 Å². The Morgan fingerprint density at radius 2 is 0.900 bits per heavy atom. The lowest BCUT2D eigenvalue weighted by Crippen LogP contribution is -2.48. The van der Waals surface area contributed by atoms with Gasteiger partial charge in [-0.2, -0.15) is 9.97 Å². The highest BCUT2D eigenvalue weighted by Gasteiger charge is 2.39. The molecule has 4 amide bonds. The number of nitrogens with zero attached hydrogens (tertiary/aromatic N) is 10. The lowest BCUT2D eigenvalue weighted by atomic mass is 10.1. The molecular weight excluding hydrogens is 897 g/mol. The third-order valence-electron chi connectivity index (χ3n) is 13.7. The Balaban J connectivity index is 0.000000174. The molecule has 8 heterocycles. The largest absolute Gasteiger partial charge is 0.486 e. The predicted octanol–water partition coefficient (Wildman–Crippen LogP) is 4.30. The first-order chi connectivity index (χ1) is 33.6. The van der Waals surface area contributed by atoms with E-state index in [0.29, 0.717) is 114 Å². The summed E-state index contributed by atoms with van der Waals surface area (Å²) >= 11 is 0. The summed E-state index contributed by atoms with van der Waals surface area (Å²) in [6.07, 6.45) is -0.451. The number of carbonyl (C=O) groups is 4. The van der Waals surface area contributed by atoms with Gasteiger partial charge in [0, 0.05) is 89.4 Å². The molecule has 2 aromatic heterocycles. The van der Waals surface area contributed by atoms with Crippen LogP contribution >= 0.6 is 0 Å². The molecule has 0 radical (unpaired) electrons. The fourth-order valence-corrected chi connectivity index (χ4v) is 9.33. The van der Waals surface area contributed by atoms with Gasteiger partial charge in [0.25, 0.3) is 11.8 Å². The first-order valence-electron chi connectivity index (χ1n) is 24.4. The maximum atomic E-state index is 13.2. The number of ether oxygens (including phenoxy) is 4. The summed E-state index contributed by atoms with van der Waals surface area (Å²) in [5.74, 6) is 5.18. The minimum atomic E-state index is -0.226. The van der Waals surface area contributed by atoms with Gasteiger partial charge in [-0.25, -0.2) is 9.97 Å². The van der Waals surface area contributed by atoms with Crippen molar-refractivity contribution in [2.75, 3.05) is 86.0 Å². The Bertz CT molecular complexity index is 2440. The molecule has 20 heteroatoms. The number of nitrogens with one attached hydrogen (secondary N) is 2. The zero-order chi connectivity index (χ0) is 49.4. The van der Waals surface area contributed by atoms with E-state index in [-0.39, 0.29) is 60.0 Å². The van der Waals surface area contributed by atoms with Gasteiger partial charge >= 0.3 is 0 Å². The standard InChI is InChI=1S/2C25H32N6O4/c2*1-15(2)31-13-18-22(24(31)33)27-25(30-11-9-29(10-12-30)17(4)32)28-23(18)26-16(3)21-14-34-19-7-5-6-8-20(19)35-21/h2*5-8,15-16,21H,9-14H2,1-4H3,(H,26,27,28). The van der Waals surface area contributed by atoms with Crippen LogP contribution in [0.5, 0.6) is 23.0 Å². The molecule has 2 aromatic carbocycles. The molecule has 10 rings (SSSR count). The number of benzene rings is 2. The van der Waals surface area contributed by atoms with E-state index in [1.165, 1.54) is 0 Å². The fraction of sp³-hybridized carbons (Fsp3) is 0.520. The van der Waals surface area contributed by atoms with E-state index in [1.807, 2.05) is 119 Å². The smallest absolute Gasteiger partial charge is 0.273 e. The number of para-hydroxylation sites is 4. The van der Waals surface area contributed by atoms with Crippen LogP contribution in [0.3, 0.4) is 0 Å². The lowest BCUT2D eigenvalue weighted by Gasteiger charge is -2.35. The summed E-state index contributed by atoms with van der Waals surface area (Å²) < 4.78 is 24.2. The molecular formula is C50H64N12O8. The molecule has 20 nitrogen and oxygen atoms in total. The Morgan fingerprint density at radius 1 is 0.543 bits per heavy atom. The van der Waals surface area contributed by atoms with E-state index in [9.17, 15) is 19.2 Å². The van der Waals surface area contributed by atoms with Gasteiger partial charge in [0.2, 0.25) is 23.7 Å². The first-order valence-corrected chi connectivity index (χ1v) is 24.4. The van der Waals surface area contributed by atoms with Crippen molar-refractivity contribution in [3.8, 4) is 23.0 Å². The van der Waals surface area contributed by atoms with Gasteiger partial charge in [-0.3, -0.25) is 19.2 Å². The Hall–Kier alpha value is -7.12. The van der Waals surface area contributed by atoms with Gasteiger partial charge in [0.1, 0.15) is 36.2 Å². The highest BCUT2D eigenvalue weighted by molar-refractivity contribution is 5.99. The Morgan fingerprint density at radius 3 is 1.24 bits per heavy atom. The molecule has 4 atom stereocenters. The highest BCUT2D eigenvalue weighted by Crippen LogP contribution is 2.36. The zero-order valence-electron chi connectivity index (χ0n) is 41.3. The molecule has 2 N–H and O–H groups in total. The summed E-state index contributed by atoms with van der Waals surface area (Å²) in [7, 11) is 0. The Kier molecular flexibility index (Phi) is 13.7. The van der Waals surface area contributed by atoms with Gasteiger partial charge in [0.05, 0.1) is 25.2 Å². The van der Waals surface area contributed by atoms with Crippen LogP contribution in [-0.2, 0) is 22.7 Å². The average molecular weight is 961 g/mol. The molecule has 372 valence electrons. The molecule has 4 unspecified atom stereocenters. The van der Waals surface area contributed by atoms with Crippen LogP contribution in [0.1, 0.15) is 87.5 Å². The van der Waals surface area contributed by atoms with E-state index in [2.05, 4.69) is 10.6 Å². The highest BCUT2D eigenvalue weighted by atomic mass is 16.6. The number of aromatic nitrogens is 4. The molecule has 0 spiro atoms. The topological polar surface area (TPSA) is 200 Å². The molecule has 2 saturated heterocycles. The van der Waals surface area contributed by atoms with Gasteiger partial charge in [-0.05, 0) is 65.8 Å². The van der Waals surface area contributed by atoms with E-state index in [0.717, 1.165) is 34.1 Å². The molecule has 6 aliphatic rings. The third kappa shape index (κ3) is 9.85. The maximum absolute atomic E-state index is 13.2. The van der Waals surface area contributed by atoms with Crippen LogP contribution in [0.25, 0.3) is 0 Å². The third-order valence-corrected chi connectivity index (χ3v) is 13.7. The van der Waals surface area contributed by atoms with Crippen LogP contribution in [-0.4, -0.2) is 165 Å². The summed E-state index contributed by atoms with van der Waals surface area (Å²) in [4.78, 5) is 80.3. The number of hydrogen-bond acceptors (Lipinski definition) is 16. The van der Waals surface area contributed by atoms with Gasteiger partial charge in [-0.15, -0.1) is 0 Å². The monoisotopic (exact) mass is 960 g/mol. The van der Waals surface area contributed by atoms with E-state index in [4.69, 9.17) is 38.9 Å². The number of carbonyl (C=O) groups excluding carboxylic acids is 4. The van der Waals surface area contributed by atoms with Crippen LogP contribution in [0.4, 0.5) is 23.5 Å². The maximum Gasteiger partial charge on any atom is 0.273 e.